The van der Waals surface area contributed by atoms with Gasteiger partial charge in [-0.3, -0.25) is 14.7 Å². The first kappa shape index (κ1) is 17.0. The Morgan fingerprint density at radius 2 is 2.12 bits per heavy atom. The van der Waals surface area contributed by atoms with Crippen LogP contribution < -0.4 is 5.32 Å². The van der Waals surface area contributed by atoms with Crippen molar-refractivity contribution in [2.45, 2.75) is 50.7 Å². The first-order valence-corrected chi connectivity index (χ1v) is 7.86. The number of anilines is 1. The zero-order chi connectivity index (χ0) is 17.7. The summed E-state index contributed by atoms with van der Waals surface area (Å²) in [6.45, 7) is 3.01. The summed E-state index contributed by atoms with van der Waals surface area (Å²) in [7, 11) is 0. The van der Waals surface area contributed by atoms with E-state index in [0.717, 1.165) is 0 Å². The summed E-state index contributed by atoms with van der Waals surface area (Å²) in [5.41, 5.74) is -0.388. The number of fused-ring (bicyclic) bond motifs is 1. The third kappa shape index (κ3) is 3.49. The molecule has 6 nitrogen and oxygen atoms in total. The largest absolute Gasteiger partial charge is 0.390 e. The van der Waals surface area contributed by atoms with E-state index in [-0.39, 0.29) is 30.4 Å². The highest BCUT2D eigenvalue weighted by Crippen LogP contribution is 2.47. The molecule has 1 saturated carbocycles. The fourth-order valence-corrected chi connectivity index (χ4v) is 2.90. The van der Waals surface area contributed by atoms with E-state index in [1.807, 2.05) is 0 Å². The molecular formula is C15H17ClF2N4O2. The summed E-state index contributed by atoms with van der Waals surface area (Å²) in [4.78, 5) is 20.5. The molecule has 1 aliphatic carbocycles. The van der Waals surface area contributed by atoms with Gasteiger partial charge in [0, 0.05) is 12.8 Å². The Hall–Kier alpha value is -1.80. The van der Waals surface area contributed by atoms with E-state index >= 15 is 0 Å². The quantitative estimate of drug-likeness (QED) is 0.823. The van der Waals surface area contributed by atoms with Crippen LogP contribution in [0.25, 0.3) is 11.2 Å². The van der Waals surface area contributed by atoms with E-state index in [9.17, 15) is 18.7 Å². The molecule has 0 saturated heterocycles. The fraction of sp³-hybridized carbons (Fsp3) is 0.533. The normalized spacial score (nSPS) is 17.8. The average Bonchev–Trinajstić information content (AvgIpc) is 2.70. The SMILES string of the molecule is CC(C)(O)CC(=O)Nc1nc2ccc(Cl)nc2n1C1CC(F)(F)C1. The van der Waals surface area contributed by atoms with Crippen molar-refractivity contribution in [2.75, 3.05) is 5.32 Å². The van der Waals surface area contributed by atoms with Gasteiger partial charge in [0.1, 0.15) is 10.7 Å². The van der Waals surface area contributed by atoms with Crippen LogP contribution in [0.15, 0.2) is 12.1 Å². The summed E-state index contributed by atoms with van der Waals surface area (Å²) < 4.78 is 28.0. The highest BCUT2D eigenvalue weighted by molar-refractivity contribution is 6.29. The predicted molar refractivity (Wildman–Crippen MR) is 85.3 cm³/mol. The molecule has 2 heterocycles. The van der Waals surface area contributed by atoms with Crippen LogP contribution in [-0.4, -0.2) is 37.1 Å². The van der Waals surface area contributed by atoms with Gasteiger partial charge in [-0.05, 0) is 26.0 Å². The third-order valence-electron chi connectivity index (χ3n) is 3.78. The van der Waals surface area contributed by atoms with Crippen LogP contribution in [0.2, 0.25) is 5.15 Å². The van der Waals surface area contributed by atoms with Gasteiger partial charge in [-0.15, -0.1) is 0 Å². The molecule has 130 valence electrons. The number of carbonyl (C=O) groups is 1. The number of nitrogens with one attached hydrogen (secondary N) is 1. The maximum absolute atomic E-state index is 13.3. The first-order valence-electron chi connectivity index (χ1n) is 7.49. The second-order valence-electron chi connectivity index (χ2n) is 6.74. The van der Waals surface area contributed by atoms with Crippen molar-refractivity contribution >= 4 is 34.6 Å². The molecule has 0 aromatic carbocycles. The monoisotopic (exact) mass is 358 g/mol. The summed E-state index contributed by atoms with van der Waals surface area (Å²) in [6.07, 6.45) is -0.840. The molecule has 0 radical (unpaired) electrons. The summed E-state index contributed by atoms with van der Waals surface area (Å²) in [5.74, 6) is -3.06. The number of nitrogens with zero attached hydrogens (tertiary/aromatic N) is 3. The van der Waals surface area contributed by atoms with E-state index in [1.54, 1.807) is 12.1 Å². The fourth-order valence-electron chi connectivity index (χ4n) is 2.76. The van der Waals surface area contributed by atoms with Crippen LogP contribution in [-0.2, 0) is 4.79 Å². The Labute approximate surface area is 141 Å². The molecule has 2 aromatic heterocycles. The lowest BCUT2D eigenvalue weighted by atomic mass is 9.88. The highest BCUT2D eigenvalue weighted by Gasteiger charge is 2.47. The lowest BCUT2D eigenvalue weighted by molar-refractivity contribution is -0.120. The minimum absolute atomic E-state index is 0.134. The maximum atomic E-state index is 13.3. The molecule has 0 spiro atoms. The van der Waals surface area contributed by atoms with Crippen LogP contribution in [0.4, 0.5) is 14.7 Å². The van der Waals surface area contributed by atoms with Crippen molar-refractivity contribution in [3.05, 3.63) is 17.3 Å². The number of hydrogen-bond donors (Lipinski definition) is 2. The van der Waals surface area contributed by atoms with E-state index < -0.39 is 23.5 Å². The number of imidazole rings is 1. The highest BCUT2D eigenvalue weighted by atomic mass is 35.5. The van der Waals surface area contributed by atoms with Gasteiger partial charge in [-0.25, -0.2) is 18.7 Å². The molecular weight excluding hydrogens is 342 g/mol. The molecule has 0 aliphatic heterocycles. The predicted octanol–water partition coefficient (Wildman–Crippen LogP) is 3.15. The molecule has 1 amide bonds. The number of pyridine rings is 1. The van der Waals surface area contributed by atoms with Crippen molar-refractivity contribution in [3.63, 3.8) is 0 Å². The van der Waals surface area contributed by atoms with Crippen LogP contribution in [0.3, 0.4) is 0 Å². The molecule has 24 heavy (non-hydrogen) atoms. The zero-order valence-corrected chi connectivity index (χ0v) is 13.9. The molecule has 9 heteroatoms. The van der Waals surface area contributed by atoms with Gasteiger partial charge < -0.3 is 5.11 Å². The Bertz CT molecular complexity index is 793. The van der Waals surface area contributed by atoms with Crippen molar-refractivity contribution in [1.29, 1.82) is 0 Å². The number of alkyl halides is 2. The molecule has 0 bridgehead atoms. The van der Waals surface area contributed by atoms with Crippen LogP contribution >= 0.6 is 11.6 Å². The van der Waals surface area contributed by atoms with Crippen LogP contribution in [0.1, 0.15) is 39.2 Å². The van der Waals surface area contributed by atoms with Crippen molar-refractivity contribution in [1.82, 2.24) is 14.5 Å². The third-order valence-corrected chi connectivity index (χ3v) is 3.99. The van der Waals surface area contributed by atoms with Crippen molar-refractivity contribution in [2.24, 2.45) is 0 Å². The van der Waals surface area contributed by atoms with Gasteiger partial charge in [0.15, 0.2) is 5.65 Å². The lowest BCUT2D eigenvalue weighted by Crippen LogP contribution is -2.38. The Morgan fingerprint density at radius 1 is 1.46 bits per heavy atom. The Balaban J connectivity index is 1.96. The molecule has 3 rings (SSSR count). The molecule has 1 aliphatic rings. The van der Waals surface area contributed by atoms with Crippen LogP contribution in [0.5, 0.6) is 0 Å². The molecule has 0 atom stereocenters. The van der Waals surface area contributed by atoms with Crippen molar-refractivity contribution < 1.29 is 18.7 Å². The number of aromatic nitrogens is 3. The smallest absolute Gasteiger partial charge is 0.252 e. The van der Waals surface area contributed by atoms with Gasteiger partial charge in [0.2, 0.25) is 11.9 Å². The maximum Gasteiger partial charge on any atom is 0.252 e. The topological polar surface area (TPSA) is 80.0 Å². The molecule has 2 aromatic rings. The second-order valence-corrected chi connectivity index (χ2v) is 7.12. The summed E-state index contributed by atoms with van der Waals surface area (Å²) in [6, 6.07) is 2.64. The number of halogens is 3. The van der Waals surface area contributed by atoms with E-state index in [1.165, 1.54) is 18.4 Å². The summed E-state index contributed by atoms with van der Waals surface area (Å²) >= 11 is 5.89. The van der Waals surface area contributed by atoms with Gasteiger partial charge in [0.05, 0.1) is 18.1 Å². The van der Waals surface area contributed by atoms with E-state index in [4.69, 9.17) is 11.6 Å². The van der Waals surface area contributed by atoms with Gasteiger partial charge in [-0.2, -0.15) is 0 Å². The summed E-state index contributed by atoms with van der Waals surface area (Å²) in [5, 5.41) is 12.5. The average molecular weight is 359 g/mol. The molecule has 1 fully saturated rings. The van der Waals surface area contributed by atoms with E-state index in [2.05, 4.69) is 15.3 Å². The minimum atomic E-state index is -2.73. The molecule has 0 unspecified atom stereocenters. The number of amides is 1. The number of rotatable bonds is 4. The van der Waals surface area contributed by atoms with E-state index in [0.29, 0.717) is 11.2 Å². The van der Waals surface area contributed by atoms with Gasteiger partial charge >= 0.3 is 0 Å². The number of aliphatic hydroxyl groups is 1. The molecule has 2 N–H and O–H groups in total. The minimum Gasteiger partial charge on any atom is -0.390 e. The Kier molecular flexibility index (Phi) is 4.00. The van der Waals surface area contributed by atoms with Crippen LogP contribution in [0, 0.1) is 0 Å². The Morgan fingerprint density at radius 3 is 2.71 bits per heavy atom. The first-order chi connectivity index (χ1) is 11.0. The van der Waals surface area contributed by atoms with Gasteiger partial charge in [0.25, 0.3) is 5.92 Å². The zero-order valence-electron chi connectivity index (χ0n) is 13.2. The van der Waals surface area contributed by atoms with Crippen molar-refractivity contribution in [3.8, 4) is 0 Å². The second kappa shape index (κ2) is 5.63. The number of carbonyl (C=O) groups excluding carboxylic acids is 1. The lowest BCUT2D eigenvalue weighted by Gasteiger charge is -2.36. The van der Waals surface area contributed by atoms with Gasteiger partial charge in [-0.1, -0.05) is 11.6 Å². The standard InChI is InChI=1S/C15H17ClF2N4O2/c1-14(2,24)7-11(23)21-13-19-9-3-4-10(16)20-12(9)22(13)8-5-15(17,18)6-8/h3-4,8,24H,5-7H2,1-2H3,(H,19,21,23). The number of hydrogen-bond acceptors (Lipinski definition) is 4.